The number of nitrogens with two attached hydrogens (primary N) is 1. The van der Waals surface area contributed by atoms with Crippen molar-refractivity contribution in [2.45, 2.75) is 6.92 Å². The Bertz CT molecular complexity index is 658. The number of ether oxygens (including phenoxy) is 1. The van der Waals surface area contributed by atoms with Gasteiger partial charge in [-0.1, -0.05) is 23.8 Å². The van der Waals surface area contributed by atoms with Gasteiger partial charge in [0.25, 0.3) is 0 Å². The van der Waals surface area contributed by atoms with Gasteiger partial charge in [0.05, 0.1) is 7.11 Å². The van der Waals surface area contributed by atoms with Gasteiger partial charge in [-0.05, 0) is 48.9 Å². The summed E-state index contributed by atoms with van der Waals surface area (Å²) in [6.07, 6.45) is 0. The Morgan fingerprint density at radius 2 is 2.00 bits per heavy atom. The van der Waals surface area contributed by atoms with Gasteiger partial charge < -0.3 is 15.8 Å². The van der Waals surface area contributed by atoms with Crippen LogP contribution in [0.4, 0.5) is 11.4 Å². The summed E-state index contributed by atoms with van der Waals surface area (Å²) < 4.78 is 5.24. The van der Waals surface area contributed by atoms with E-state index in [9.17, 15) is 0 Å². The first-order valence-corrected chi connectivity index (χ1v) is 6.81. The molecule has 0 aliphatic carbocycles. The highest BCUT2D eigenvalue weighted by atomic mass is 35.5. The number of halogens is 1. The van der Waals surface area contributed by atoms with Gasteiger partial charge in [0.15, 0.2) is 0 Å². The number of nitrogens with one attached hydrogen (secondary N) is 1. The van der Waals surface area contributed by atoms with E-state index in [0.717, 1.165) is 28.3 Å². The van der Waals surface area contributed by atoms with E-state index in [1.807, 2.05) is 31.2 Å². The van der Waals surface area contributed by atoms with Crippen molar-refractivity contribution in [1.82, 2.24) is 0 Å². The largest absolute Gasteiger partial charge is 0.496 e. The van der Waals surface area contributed by atoms with E-state index in [-0.39, 0.29) is 0 Å². The number of hydrogen-bond acceptors (Lipinski definition) is 3. The van der Waals surface area contributed by atoms with Crippen LogP contribution < -0.4 is 15.8 Å². The Labute approximate surface area is 128 Å². The Balaban J connectivity index is 2.35. The molecule has 0 heterocycles. The van der Waals surface area contributed by atoms with Gasteiger partial charge in [-0.15, -0.1) is 0 Å². The van der Waals surface area contributed by atoms with Crippen molar-refractivity contribution in [1.29, 1.82) is 0 Å². The molecule has 3 N–H and O–H groups in total. The highest BCUT2D eigenvalue weighted by molar-refractivity contribution is 7.80. The van der Waals surface area contributed by atoms with Gasteiger partial charge in [0.2, 0.25) is 0 Å². The molecule has 2 aromatic carbocycles. The first-order chi connectivity index (χ1) is 9.51. The van der Waals surface area contributed by atoms with E-state index < -0.39 is 0 Å². The lowest BCUT2D eigenvalue weighted by Gasteiger charge is -2.13. The van der Waals surface area contributed by atoms with Gasteiger partial charge >= 0.3 is 0 Å². The highest BCUT2D eigenvalue weighted by Crippen LogP contribution is 2.27. The number of benzene rings is 2. The van der Waals surface area contributed by atoms with E-state index in [2.05, 4.69) is 5.32 Å². The molecular weight excluding hydrogens is 292 g/mol. The van der Waals surface area contributed by atoms with Crippen molar-refractivity contribution in [3.05, 3.63) is 52.5 Å². The van der Waals surface area contributed by atoms with E-state index >= 15 is 0 Å². The summed E-state index contributed by atoms with van der Waals surface area (Å²) in [5.41, 5.74) is 9.25. The molecule has 0 saturated heterocycles. The normalized spacial score (nSPS) is 10.2. The Morgan fingerprint density at radius 3 is 2.60 bits per heavy atom. The minimum absolute atomic E-state index is 0.306. The molecule has 0 fully saturated rings. The number of anilines is 2. The molecule has 0 aliphatic rings. The van der Waals surface area contributed by atoms with E-state index in [1.54, 1.807) is 19.2 Å². The zero-order valence-electron chi connectivity index (χ0n) is 11.2. The third kappa shape index (κ3) is 3.21. The molecule has 0 radical (unpaired) electrons. The molecule has 0 atom stereocenters. The zero-order valence-corrected chi connectivity index (χ0v) is 12.8. The second-order valence-corrected chi connectivity index (χ2v) is 5.24. The molecule has 0 aliphatic heterocycles. The van der Waals surface area contributed by atoms with Crippen LogP contribution in [0.1, 0.15) is 11.1 Å². The maximum atomic E-state index is 5.97. The molecule has 5 heteroatoms. The lowest BCUT2D eigenvalue weighted by Crippen LogP contribution is -2.12. The second-order valence-electron chi connectivity index (χ2n) is 4.36. The first kappa shape index (κ1) is 14.6. The fourth-order valence-electron chi connectivity index (χ4n) is 1.94. The maximum Gasteiger partial charge on any atom is 0.121 e. The lowest BCUT2D eigenvalue weighted by atomic mass is 10.1. The Kier molecular flexibility index (Phi) is 4.47. The molecule has 104 valence electrons. The van der Waals surface area contributed by atoms with Crippen LogP contribution in [0, 0.1) is 6.92 Å². The fraction of sp³-hybridized carbons (Fsp3) is 0.133. The topological polar surface area (TPSA) is 47.3 Å². The summed E-state index contributed by atoms with van der Waals surface area (Å²) in [6.45, 7) is 1.99. The molecule has 2 aromatic rings. The van der Waals surface area contributed by atoms with Crippen molar-refractivity contribution in [3.63, 3.8) is 0 Å². The summed E-state index contributed by atoms with van der Waals surface area (Å²) in [6, 6.07) is 11.2. The number of hydrogen-bond donors (Lipinski definition) is 2. The van der Waals surface area contributed by atoms with Gasteiger partial charge in [0, 0.05) is 22.0 Å². The van der Waals surface area contributed by atoms with Crippen molar-refractivity contribution < 1.29 is 4.74 Å². The van der Waals surface area contributed by atoms with Crippen LogP contribution in [0.3, 0.4) is 0 Å². The Hall–Kier alpha value is -1.78. The van der Waals surface area contributed by atoms with Crippen molar-refractivity contribution in [2.24, 2.45) is 5.73 Å². The summed E-state index contributed by atoms with van der Waals surface area (Å²) in [4.78, 5) is 0.306. The molecule has 0 unspecified atom stereocenters. The lowest BCUT2D eigenvalue weighted by molar-refractivity contribution is 0.412. The third-order valence-electron chi connectivity index (χ3n) is 2.92. The summed E-state index contributed by atoms with van der Waals surface area (Å²) >= 11 is 11.0. The smallest absolute Gasteiger partial charge is 0.121 e. The predicted molar refractivity (Wildman–Crippen MR) is 88.4 cm³/mol. The highest BCUT2D eigenvalue weighted by Gasteiger charge is 2.07. The van der Waals surface area contributed by atoms with Gasteiger partial charge in [0.1, 0.15) is 10.7 Å². The van der Waals surface area contributed by atoms with Crippen LogP contribution >= 0.6 is 23.8 Å². The Morgan fingerprint density at radius 1 is 1.25 bits per heavy atom. The average Bonchev–Trinajstić information content (AvgIpc) is 2.41. The number of aryl methyl sites for hydroxylation is 1. The fourth-order valence-corrected chi connectivity index (χ4v) is 2.28. The summed E-state index contributed by atoms with van der Waals surface area (Å²) in [7, 11) is 1.65. The molecule has 0 saturated carbocycles. The van der Waals surface area contributed by atoms with Crippen LogP contribution in [0.25, 0.3) is 0 Å². The number of thiocarbonyl (C=S) groups is 1. The quantitative estimate of drug-likeness (QED) is 0.837. The number of methoxy groups -OCH3 is 1. The van der Waals surface area contributed by atoms with Crippen molar-refractivity contribution in [3.8, 4) is 5.75 Å². The molecule has 0 spiro atoms. The summed E-state index contributed by atoms with van der Waals surface area (Å²) in [5, 5.41) is 3.89. The number of rotatable bonds is 4. The van der Waals surface area contributed by atoms with E-state index in [1.165, 1.54) is 0 Å². The zero-order chi connectivity index (χ0) is 14.7. The third-order valence-corrected chi connectivity index (χ3v) is 3.38. The molecular formula is C15H15ClN2OS. The predicted octanol–water partition coefficient (Wildman–Crippen LogP) is 4.03. The van der Waals surface area contributed by atoms with E-state index in [4.69, 9.17) is 34.3 Å². The van der Waals surface area contributed by atoms with E-state index in [0.29, 0.717) is 10.0 Å². The molecule has 3 nitrogen and oxygen atoms in total. The standard InChI is InChI=1S/C15H15ClN2OS/c1-9-7-11(4-6-14(9)19-2)18-13-5-3-10(16)8-12(13)15(17)20/h3-8,18H,1-2H3,(H2,17,20). The minimum Gasteiger partial charge on any atom is -0.496 e. The maximum absolute atomic E-state index is 5.97. The first-order valence-electron chi connectivity index (χ1n) is 6.02. The van der Waals surface area contributed by atoms with Gasteiger partial charge in [-0.25, -0.2) is 0 Å². The van der Waals surface area contributed by atoms with Crippen molar-refractivity contribution >= 4 is 40.2 Å². The van der Waals surface area contributed by atoms with Crippen LogP contribution in [-0.4, -0.2) is 12.1 Å². The molecule has 0 amide bonds. The molecule has 20 heavy (non-hydrogen) atoms. The monoisotopic (exact) mass is 306 g/mol. The van der Waals surface area contributed by atoms with Crippen LogP contribution in [0.5, 0.6) is 5.75 Å². The molecule has 2 rings (SSSR count). The SMILES string of the molecule is COc1ccc(Nc2ccc(Cl)cc2C(N)=S)cc1C. The molecule has 0 bridgehead atoms. The average molecular weight is 307 g/mol. The van der Waals surface area contributed by atoms with Crippen LogP contribution in [0.2, 0.25) is 5.02 Å². The minimum atomic E-state index is 0.306. The van der Waals surface area contributed by atoms with Crippen LogP contribution in [0.15, 0.2) is 36.4 Å². The van der Waals surface area contributed by atoms with Crippen LogP contribution in [-0.2, 0) is 0 Å². The van der Waals surface area contributed by atoms with Gasteiger partial charge in [-0.3, -0.25) is 0 Å². The van der Waals surface area contributed by atoms with Gasteiger partial charge in [-0.2, -0.15) is 0 Å². The van der Waals surface area contributed by atoms with Crippen molar-refractivity contribution in [2.75, 3.05) is 12.4 Å². The summed E-state index contributed by atoms with van der Waals surface area (Å²) in [5.74, 6) is 0.848. The molecule has 0 aromatic heterocycles. The second kappa shape index (κ2) is 6.11.